The molecule has 0 spiro atoms. The van der Waals surface area contributed by atoms with Crippen LogP contribution >= 0.6 is 0 Å². The minimum Gasteiger partial charge on any atom is -0.308 e. The topological polar surface area (TPSA) is 37.8 Å². The molecule has 1 heterocycles. The zero-order chi connectivity index (χ0) is 14.1. The van der Waals surface area contributed by atoms with Crippen LogP contribution in [0.25, 0.3) is 11.4 Å². The van der Waals surface area contributed by atoms with Crippen LogP contribution < -0.4 is 5.32 Å². The molecule has 0 bridgehead atoms. The summed E-state index contributed by atoms with van der Waals surface area (Å²) in [6, 6.07) is 4.06. The third kappa shape index (κ3) is 2.80. The summed E-state index contributed by atoms with van der Waals surface area (Å²) >= 11 is 0. The molecule has 20 heavy (non-hydrogen) atoms. The van der Waals surface area contributed by atoms with Crippen molar-refractivity contribution in [1.82, 2.24) is 15.3 Å². The van der Waals surface area contributed by atoms with Crippen LogP contribution in [0.4, 0.5) is 13.2 Å². The van der Waals surface area contributed by atoms with Crippen LogP contribution in [0.3, 0.4) is 0 Å². The van der Waals surface area contributed by atoms with Gasteiger partial charge in [0.1, 0.15) is 0 Å². The largest absolute Gasteiger partial charge is 0.308 e. The van der Waals surface area contributed by atoms with Gasteiger partial charge in [-0.05, 0) is 31.0 Å². The van der Waals surface area contributed by atoms with Gasteiger partial charge in [-0.2, -0.15) is 0 Å². The molecule has 0 unspecified atom stereocenters. The molecular weight excluding hydrogens is 267 g/mol. The maximum absolute atomic E-state index is 13.2. The first-order valence-corrected chi connectivity index (χ1v) is 6.33. The number of benzene rings is 1. The number of aromatic nitrogens is 2. The first-order valence-electron chi connectivity index (χ1n) is 6.33. The van der Waals surface area contributed by atoms with Gasteiger partial charge in [0.25, 0.3) is 0 Å². The van der Waals surface area contributed by atoms with Gasteiger partial charge in [0.15, 0.2) is 23.3 Å². The van der Waals surface area contributed by atoms with Gasteiger partial charge in [-0.3, -0.25) is 0 Å². The summed E-state index contributed by atoms with van der Waals surface area (Å²) in [5, 5.41) is 3.29. The molecule has 2 aromatic rings. The summed E-state index contributed by atoms with van der Waals surface area (Å²) in [6.45, 7) is 0.576. The van der Waals surface area contributed by atoms with Gasteiger partial charge in [0, 0.05) is 24.3 Å². The second-order valence-electron chi connectivity index (χ2n) is 4.78. The van der Waals surface area contributed by atoms with Gasteiger partial charge >= 0.3 is 0 Å². The Morgan fingerprint density at radius 1 is 1.15 bits per heavy atom. The molecule has 1 N–H and O–H groups in total. The van der Waals surface area contributed by atoms with E-state index in [1.54, 1.807) is 6.07 Å². The summed E-state index contributed by atoms with van der Waals surface area (Å²) in [5.74, 6) is -3.80. The lowest BCUT2D eigenvalue weighted by Crippen LogP contribution is -2.16. The molecule has 1 aromatic carbocycles. The van der Waals surface area contributed by atoms with E-state index in [1.807, 2.05) is 0 Å². The molecule has 0 atom stereocenters. The predicted octanol–water partition coefficient (Wildman–Crippen LogP) is 2.81. The zero-order valence-electron chi connectivity index (χ0n) is 10.5. The fourth-order valence-corrected chi connectivity index (χ4v) is 1.85. The molecular formula is C14H12F3N3. The van der Waals surface area contributed by atoms with Gasteiger partial charge in [0.2, 0.25) is 0 Å². The van der Waals surface area contributed by atoms with E-state index in [1.165, 1.54) is 6.20 Å². The van der Waals surface area contributed by atoms with Crippen LogP contribution in [0.15, 0.2) is 24.4 Å². The van der Waals surface area contributed by atoms with E-state index in [-0.39, 0.29) is 11.4 Å². The molecule has 104 valence electrons. The number of hydrogen-bond donors (Lipinski definition) is 1. The molecule has 0 radical (unpaired) electrons. The van der Waals surface area contributed by atoms with Crippen molar-refractivity contribution >= 4 is 0 Å². The van der Waals surface area contributed by atoms with Crippen molar-refractivity contribution in [1.29, 1.82) is 0 Å². The van der Waals surface area contributed by atoms with E-state index in [2.05, 4.69) is 15.3 Å². The van der Waals surface area contributed by atoms with Crippen molar-refractivity contribution in [2.24, 2.45) is 0 Å². The van der Waals surface area contributed by atoms with Crippen LogP contribution in [0.2, 0.25) is 0 Å². The summed E-state index contributed by atoms with van der Waals surface area (Å²) in [5.41, 5.74) is 0.849. The highest BCUT2D eigenvalue weighted by atomic mass is 19.2. The van der Waals surface area contributed by atoms with Crippen molar-refractivity contribution in [3.05, 3.63) is 47.5 Å². The van der Waals surface area contributed by atoms with Crippen LogP contribution in [0.5, 0.6) is 0 Å². The Morgan fingerprint density at radius 3 is 2.50 bits per heavy atom. The van der Waals surface area contributed by atoms with Crippen molar-refractivity contribution in [2.45, 2.75) is 25.4 Å². The van der Waals surface area contributed by atoms with Crippen molar-refractivity contribution < 1.29 is 13.2 Å². The molecule has 0 amide bonds. The molecule has 1 aliphatic rings. The quantitative estimate of drug-likeness (QED) is 0.875. The Bertz CT molecular complexity index is 618. The molecule has 3 nitrogen and oxygen atoms in total. The van der Waals surface area contributed by atoms with Crippen molar-refractivity contribution in [3.63, 3.8) is 0 Å². The molecule has 1 aromatic heterocycles. The predicted molar refractivity (Wildman–Crippen MR) is 67.2 cm³/mol. The lowest BCUT2D eigenvalue weighted by molar-refractivity contribution is 0.447. The van der Waals surface area contributed by atoms with E-state index in [4.69, 9.17) is 0 Å². The Kier molecular flexibility index (Phi) is 3.40. The average Bonchev–Trinajstić information content (AvgIpc) is 3.26. The third-order valence-corrected chi connectivity index (χ3v) is 3.10. The van der Waals surface area contributed by atoms with Crippen LogP contribution in [-0.2, 0) is 6.54 Å². The fourth-order valence-electron chi connectivity index (χ4n) is 1.85. The van der Waals surface area contributed by atoms with E-state index in [0.29, 0.717) is 12.6 Å². The summed E-state index contributed by atoms with van der Waals surface area (Å²) in [4.78, 5) is 8.19. The zero-order valence-corrected chi connectivity index (χ0v) is 10.5. The first kappa shape index (κ1) is 13.1. The van der Waals surface area contributed by atoms with Gasteiger partial charge < -0.3 is 5.32 Å². The highest BCUT2D eigenvalue weighted by molar-refractivity contribution is 5.55. The van der Waals surface area contributed by atoms with Crippen molar-refractivity contribution in [2.75, 3.05) is 0 Å². The number of rotatable bonds is 4. The standard InChI is InChI=1S/C14H12F3N3/c15-11-5-8(6-12(16)13(11)17)14-18-4-3-10(20-14)7-19-9-1-2-9/h3-6,9,19H,1-2,7H2. The Hall–Kier alpha value is -1.95. The molecule has 1 fully saturated rings. The number of nitrogens with zero attached hydrogens (tertiary/aromatic N) is 2. The molecule has 0 saturated heterocycles. The molecule has 1 aliphatic carbocycles. The lowest BCUT2D eigenvalue weighted by atomic mass is 10.2. The Morgan fingerprint density at radius 2 is 1.85 bits per heavy atom. The summed E-state index contributed by atoms with van der Waals surface area (Å²) in [6.07, 6.45) is 3.84. The number of nitrogens with one attached hydrogen (secondary N) is 1. The molecule has 3 rings (SSSR count). The van der Waals surface area contributed by atoms with E-state index < -0.39 is 17.5 Å². The maximum Gasteiger partial charge on any atom is 0.194 e. The van der Waals surface area contributed by atoms with Gasteiger partial charge in [-0.15, -0.1) is 0 Å². The highest BCUT2D eigenvalue weighted by Gasteiger charge is 2.20. The smallest absolute Gasteiger partial charge is 0.194 e. The SMILES string of the molecule is Fc1cc(-c2nccc(CNC3CC3)n2)cc(F)c1F. The summed E-state index contributed by atoms with van der Waals surface area (Å²) in [7, 11) is 0. The van der Waals surface area contributed by atoms with Gasteiger partial charge in [-0.25, -0.2) is 23.1 Å². The van der Waals surface area contributed by atoms with E-state index in [0.717, 1.165) is 30.7 Å². The number of halogens is 3. The third-order valence-electron chi connectivity index (χ3n) is 3.10. The van der Waals surface area contributed by atoms with Crippen LogP contribution in [0.1, 0.15) is 18.5 Å². The Balaban J connectivity index is 1.87. The molecule has 0 aliphatic heterocycles. The number of hydrogen-bond acceptors (Lipinski definition) is 3. The second-order valence-corrected chi connectivity index (χ2v) is 4.78. The van der Waals surface area contributed by atoms with Crippen LogP contribution in [0, 0.1) is 17.5 Å². The van der Waals surface area contributed by atoms with Crippen molar-refractivity contribution in [3.8, 4) is 11.4 Å². The van der Waals surface area contributed by atoms with Crippen LogP contribution in [-0.4, -0.2) is 16.0 Å². The molecule has 1 saturated carbocycles. The normalized spacial score (nSPS) is 14.6. The van der Waals surface area contributed by atoms with E-state index in [9.17, 15) is 13.2 Å². The minimum atomic E-state index is -1.49. The molecule has 6 heteroatoms. The first-order chi connectivity index (χ1) is 9.63. The highest BCUT2D eigenvalue weighted by Crippen LogP contribution is 2.22. The van der Waals surface area contributed by atoms with E-state index >= 15 is 0 Å². The Labute approximate surface area is 113 Å². The summed E-state index contributed by atoms with van der Waals surface area (Å²) < 4.78 is 39.3. The average molecular weight is 279 g/mol. The monoisotopic (exact) mass is 279 g/mol. The maximum atomic E-state index is 13.2. The van der Waals surface area contributed by atoms with Gasteiger partial charge in [0.05, 0.1) is 5.69 Å². The van der Waals surface area contributed by atoms with Gasteiger partial charge in [-0.1, -0.05) is 0 Å². The lowest BCUT2D eigenvalue weighted by Gasteiger charge is -2.06. The fraction of sp³-hybridized carbons (Fsp3) is 0.286. The minimum absolute atomic E-state index is 0.120. The second kappa shape index (κ2) is 5.20.